The van der Waals surface area contributed by atoms with Gasteiger partial charge < -0.3 is 25.2 Å². The lowest BCUT2D eigenvalue weighted by Gasteiger charge is -2.35. The van der Waals surface area contributed by atoms with Crippen LogP contribution in [0.5, 0.6) is 0 Å². The largest absolute Gasteiger partial charge is 0.388 e. The average Bonchev–Trinajstić information content (AvgIpc) is 2.00. The van der Waals surface area contributed by atoms with E-state index in [2.05, 4.69) is 4.74 Å². The van der Waals surface area contributed by atoms with Crippen LogP contribution in [-0.4, -0.2) is 57.8 Å². The standard InChI is InChI=1S/C6H11FO5/c7-6(11)5-4(10)3(9)2(8)1-12-5/h2-6,8-11H,1H2/t2-,3+,4-,5-,6?/m0/s1. The van der Waals surface area contributed by atoms with Crippen LogP contribution in [-0.2, 0) is 4.74 Å². The second-order valence-corrected chi connectivity index (χ2v) is 2.72. The Balaban J connectivity index is 2.58. The second-order valence-electron chi connectivity index (χ2n) is 2.72. The molecule has 1 rings (SSSR count). The van der Waals surface area contributed by atoms with E-state index in [-0.39, 0.29) is 6.61 Å². The summed E-state index contributed by atoms with van der Waals surface area (Å²) in [5.41, 5.74) is 0. The summed E-state index contributed by atoms with van der Waals surface area (Å²) in [6.07, 6.45) is -8.16. The van der Waals surface area contributed by atoms with E-state index in [0.29, 0.717) is 0 Å². The van der Waals surface area contributed by atoms with Gasteiger partial charge in [0.25, 0.3) is 0 Å². The van der Waals surface area contributed by atoms with E-state index in [9.17, 15) is 4.39 Å². The molecule has 0 bridgehead atoms. The number of rotatable bonds is 1. The molecular weight excluding hydrogens is 171 g/mol. The van der Waals surface area contributed by atoms with E-state index in [0.717, 1.165) is 0 Å². The maximum atomic E-state index is 12.2. The second kappa shape index (κ2) is 3.63. The Morgan fingerprint density at radius 2 is 1.83 bits per heavy atom. The summed E-state index contributed by atoms with van der Waals surface area (Å²) in [6, 6.07) is 0. The number of hydrogen-bond donors (Lipinski definition) is 4. The third-order valence-electron chi connectivity index (χ3n) is 1.81. The molecule has 1 heterocycles. The van der Waals surface area contributed by atoms with E-state index >= 15 is 0 Å². The van der Waals surface area contributed by atoms with E-state index in [1.54, 1.807) is 0 Å². The van der Waals surface area contributed by atoms with Gasteiger partial charge in [-0.3, -0.25) is 0 Å². The van der Waals surface area contributed by atoms with E-state index in [1.807, 2.05) is 0 Å². The molecule has 0 spiro atoms. The predicted octanol–water partition coefficient (Wildman–Crippen LogP) is -2.24. The van der Waals surface area contributed by atoms with Gasteiger partial charge in [0, 0.05) is 0 Å². The fraction of sp³-hybridized carbons (Fsp3) is 1.00. The van der Waals surface area contributed by atoms with Crippen molar-refractivity contribution in [3.05, 3.63) is 0 Å². The van der Waals surface area contributed by atoms with Crippen molar-refractivity contribution < 1.29 is 29.6 Å². The minimum absolute atomic E-state index is 0.302. The molecule has 0 aromatic rings. The van der Waals surface area contributed by atoms with Gasteiger partial charge in [0.05, 0.1) is 6.61 Å². The molecule has 1 saturated heterocycles. The van der Waals surface area contributed by atoms with Gasteiger partial charge in [-0.15, -0.1) is 0 Å². The monoisotopic (exact) mass is 182 g/mol. The molecule has 1 aliphatic heterocycles. The molecule has 5 nitrogen and oxygen atoms in total. The zero-order chi connectivity index (χ0) is 9.30. The number of aliphatic hydroxyl groups is 4. The highest BCUT2D eigenvalue weighted by atomic mass is 19.1. The van der Waals surface area contributed by atoms with Crippen molar-refractivity contribution in [3.63, 3.8) is 0 Å². The van der Waals surface area contributed by atoms with Crippen molar-refractivity contribution >= 4 is 0 Å². The third-order valence-corrected chi connectivity index (χ3v) is 1.81. The van der Waals surface area contributed by atoms with Gasteiger partial charge in [-0.25, -0.2) is 4.39 Å². The highest BCUT2D eigenvalue weighted by Crippen LogP contribution is 2.18. The molecule has 0 aromatic carbocycles. The normalized spacial score (nSPS) is 45.8. The van der Waals surface area contributed by atoms with Crippen molar-refractivity contribution in [1.82, 2.24) is 0 Å². The Labute approximate surface area is 68.0 Å². The van der Waals surface area contributed by atoms with E-state index in [4.69, 9.17) is 20.4 Å². The van der Waals surface area contributed by atoms with Gasteiger partial charge >= 0.3 is 0 Å². The van der Waals surface area contributed by atoms with Crippen LogP contribution in [0.15, 0.2) is 0 Å². The first-order valence-electron chi connectivity index (χ1n) is 3.52. The Morgan fingerprint density at radius 1 is 1.25 bits per heavy atom. The number of ether oxygens (including phenoxy) is 1. The molecule has 1 fully saturated rings. The number of halogens is 1. The quantitative estimate of drug-likeness (QED) is 0.368. The highest BCUT2D eigenvalue weighted by molar-refractivity contribution is 4.87. The summed E-state index contributed by atoms with van der Waals surface area (Å²) in [7, 11) is 0. The van der Waals surface area contributed by atoms with Crippen molar-refractivity contribution in [2.75, 3.05) is 6.61 Å². The molecular formula is C6H11FO5. The molecule has 0 amide bonds. The number of hydrogen-bond acceptors (Lipinski definition) is 5. The molecule has 6 heteroatoms. The molecule has 72 valence electrons. The van der Waals surface area contributed by atoms with Crippen molar-refractivity contribution in [2.24, 2.45) is 0 Å². The Kier molecular flexibility index (Phi) is 2.97. The van der Waals surface area contributed by atoms with Gasteiger partial charge in [0.15, 0.2) is 0 Å². The summed E-state index contributed by atoms with van der Waals surface area (Å²) >= 11 is 0. The number of aliphatic hydroxyl groups excluding tert-OH is 4. The Morgan fingerprint density at radius 3 is 2.33 bits per heavy atom. The van der Waals surface area contributed by atoms with Crippen LogP contribution in [0.25, 0.3) is 0 Å². The zero-order valence-electron chi connectivity index (χ0n) is 6.17. The SMILES string of the molecule is OC(F)[C@H]1OC[C@H](O)[C@@H](O)[C@@H]1O. The fourth-order valence-electron chi connectivity index (χ4n) is 1.07. The molecule has 0 aromatic heterocycles. The summed E-state index contributed by atoms with van der Waals surface area (Å²) in [6.45, 7) is -0.302. The number of alkyl halides is 1. The molecule has 12 heavy (non-hydrogen) atoms. The smallest absolute Gasteiger partial charge is 0.225 e. The molecule has 0 radical (unpaired) electrons. The molecule has 4 N–H and O–H groups in total. The van der Waals surface area contributed by atoms with Crippen molar-refractivity contribution in [1.29, 1.82) is 0 Å². The lowest BCUT2D eigenvalue weighted by Crippen LogP contribution is -2.55. The maximum Gasteiger partial charge on any atom is 0.225 e. The lowest BCUT2D eigenvalue weighted by atomic mass is 10.0. The van der Waals surface area contributed by atoms with Gasteiger partial charge in [0.1, 0.15) is 24.4 Å². The Bertz CT molecular complexity index is 153. The van der Waals surface area contributed by atoms with Crippen LogP contribution in [0.4, 0.5) is 4.39 Å². The van der Waals surface area contributed by atoms with Crippen LogP contribution in [0, 0.1) is 0 Å². The molecule has 0 aliphatic carbocycles. The maximum absolute atomic E-state index is 12.2. The van der Waals surface area contributed by atoms with Crippen LogP contribution in [0.2, 0.25) is 0 Å². The first kappa shape index (κ1) is 9.82. The minimum Gasteiger partial charge on any atom is -0.388 e. The van der Waals surface area contributed by atoms with Gasteiger partial charge in [-0.2, -0.15) is 0 Å². The summed E-state index contributed by atoms with van der Waals surface area (Å²) < 4.78 is 16.8. The molecule has 1 aliphatic rings. The van der Waals surface area contributed by atoms with Gasteiger partial charge in [-0.1, -0.05) is 0 Å². The molecule has 1 unspecified atom stereocenters. The fourth-order valence-corrected chi connectivity index (χ4v) is 1.07. The predicted molar refractivity (Wildman–Crippen MR) is 34.9 cm³/mol. The topological polar surface area (TPSA) is 90.2 Å². The summed E-state index contributed by atoms with van der Waals surface area (Å²) in [5, 5.41) is 35.4. The van der Waals surface area contributed by atoms with Gasteiger partial charge in [0.2, 0.25) is 6.36 Å². The zero-order valence-corrected chi connectivity index (χ0v) is 6.17. The van der Waals surface area contributed by atoms with Crippen LogP contribution >= 0.6 is 0 Å². The van der Waals surface area contributed by atoms with Gasteiger partial charge in [-0.05, 0) is 0 Å². The van der Waals surface area contributed by atoms with E-state index < -0.39 is 30.8 Å². The molecule has 5 atom stereocenters. The minimum atomic E-state index is -2.36. The van der Waals surface area contributed by atoms with Crippen LogP contribution in [0.3, 0.4) is 0 Å². The van der Waals surface area contributed by atoms with Crippen LogP contribution < -0.4 is 0 Å². The van der Waals surface area contributed by atoms with E-state index in [1.165, 1.54) is 0 Å². The molecule has 0 saturated carbocycles. The van der Waals surface area contributed by atoms with Crippen LogP contribution in [0.1, 0.15) is 0 Å². The average molecular weight is 182 g/mol. The van der Waals surface area contributed by atoms with Crippen molar-refractivity contribution in [2.45, 2.75) is 30.8 Å². The first-order valence-corrected chi connectivity index (χ1v) is 3.52. The first-order chi connectivity index (χ1) is 5.54. The lowest BCUT2D eigenvalue weighted by molar-refractivity contribution is -0.230. The summed E-state index contributed by atoms with van der Waals surface area (Å²) in [5.74, 6) is 0. The summed E-state index contributed by atoms with van der Waals surface area (Å²) in [4.78, 5) is 0. The highest BCUT2D eigenvalue weighted by Gasteiger charge is 2.41. The Hall–Kier alpha value is -0.270. The van der Waals surface area contributed by atoms with Crippen molar-refractivity contribution in [3.8, 4) is 0 Å². The third kappa shape index (κ3) is 1.73.